The van der Waals surface area contributed by atoms with Crippen molar-refractivity contribution < 1.29 is 4.74 Å². The Morgan fingerprint density at radius 1 is 1.37 bits per heavy atom. The van der Waals surface area contributed by atoms with Crippen molar-refractivity contribution in [3.8, 4) is 0 Å². The summed E-state index contributed by atoms with van der Waals surface area (Å²) in [6.45, 7) is 4.34. The topological polar surface area (TPSA) is 24.5 Å². The van der Waals surface area contributed by atoms with Crippen LogP contribution in [-0.4, -0.2) is 33.4 Å². The van der Waals surface area contributed by atoms with Gasteiger partial charge >= 0.3 is 0 Å². The highest BCUT2D eigenvalue weighted by atomic mass is 79.9. The summed E-state index contributed by atoms with van der Waals surface area (Å²) in [7, 11) is 3.82. The molecule has 1 heterocycles. The van der Waals surface area contributed by atoms with Crippen LogP contribution < -0.4 is 10.2 Å². The quantitative estimate of drug-likeness (QED) is 0.918. The molecular weight excluding hydrogens is 304 g/mol. The minimum atomic E-state index is 0.364. The Kier molecular flexibility index (Phi) is 5.25. The molecule has 0 amide bonds. The van der Waals surface area contributed by atoms with Crippen LogP contribution in [0.4, 0.5) is 5.69 Å². The summed E-state index contributed by atoms with van der Waals surface area (Å²) in [5.74, 6) is 0. The number of anilines is 1. The summed E-state index contributed by atoms with van der Waals surface area (Å²) in [6, 6.07) is 6.93. The van der Waals surface area contributed by atoms with E-state index in [1.165, 1.54) is 11.3 Å². The fourth-order valence-electron chi connectivity index (χ4n) is 2.64. The van der Waals surface area contributed by atoms with Crippen LogP contribution in [0, 0.1) is 0 Å². The molecule has 1 unspecified atom stereocenters. The minimum absolute atomic E-state index is 0.364. The Morgan fingerprint density at radius 3 is 2.63 bits per heavy atom. The maximum absolute atomic E-state index is 5.45. The van der Waals surface area contributed by atoms with E-state index in [1.807, 2.05) is 14.2 Å². The van der Waals surface area contributed by atoms with Gasteiger partial charge in [0.15, 0.2) is 0 Å². The molecule has 1 aromatic rings. The number of halogens is 1. The molecule has 1 fully saturated rings. The van der Waals surface area contributed by atoms with Gasteiger partial charge in [0.1, 0.15) is 0 Å². The van der Waals surface area contributed by atoms with Gasteiger partial charge < -0.3 is 15.0 Å². The lowest BCUT2D eigenvalue weighted by Crippen LogP contribution is -2.37. The smallest absolute Gasteiger partial charge is 0.0605 e. The zero-order valence-corrected chi connectivity index (χ0v) is 13.5. The molecule has 0 aliphatic carbocycles. The van der Waals surface area contributed by atoms with Gasteiger partial charge in [0.25, 0.3) is 0 Å². The van der Waals surface area contributed by atoms with Gasteiger partial charge in [-0.05, 0) is 44.5 Å². The van der Waals surface area contributed by atoms with Crippen LogP contribution in [0.2, 0.25) is 0 Å². The van der Waals surface area contributed by atoms with Gasteiger partial charge in [0, 0.05) is 36.4 Å². The average Bonchev–Trinajstić information content (AvgIpc) is 2.46. The molecule has 3 nitrogen and oxygen atoms in total. The van der Waals surface area contributed by atoms with Crippen LogP contribution in [0.3, 0.4) is 0 Å². The number of benzene rings is 1. The number of nitrogens with zero attached hydrogens (tertiary/aromatic N) is 1. The standard InChI is InChI=1S/C15H23BrN2O/c1-11(17-2)14-5-4-12(16)10-15(14)18-8-6-13(19-3)7-9-18/h4-5,10-11,13,17H,6-9H2,1-3H3. The number of ether oxygens (including phenoxy) is 1. The predicted octanol–water partition coefficient (Wildman–Crippen LogP) is 3.34. The summed E-state index contributed by atoms with van der Waals surface area (Å²) < 4.78 is 6.59. The SMILES string of the molecule is CNC(C)c1ccc(Br)cc1N1CCC(OC)CC1. The third-order valence-corrected chi connectivity index (χ3v) is 4.50. The van der Waals surface area contributed by atoms with E-state index in [-0.39, 0.29) is 0 Å². The van der Waals surface area contributed by atoms with Crippen molar-refractivity contribution in [2.24, 2.45) is 0 Å². The van der Waals surface area contributed by atoms with Crippen LogP contribution in [0.25, 0.3) is 0 Å². The van der Waals surface area contributed by atoms with Gasteiger partial charge in [0.05, 0.1) is 6.10 Å². The minimum Gasteiger partial charge on any atom is -0.381 e. The van der Waals surface area contributed by atoms with E-state index in [0.29, 0.717) is 12.1 Å². The first-order chi connectivity index (χ1) is 9.15. The molecule has 106 valence electrons. The first kappa shape index (κ1) is 14.8. The van der Waals surface area contributed by atoms with Gasteiger partial charge in [-0.3, -0.25) is 0 Å². The zero-order chi connectivity index (χ0) is 13.8. The fourth-order valence-corrected chi connectivity index (χ4v) is 2.99. The van der Waals surface area contributed by atoms with E-state index < -0.39 is 0 Å². The van der Waals surface area contributed by atoms with E-state index >= 15 is 0 Å². The van der Waals surface area contributed by atoms with Crippen molar-refractivity contribution in [1.82, 2.24) is 5.32 Å². The maximum Gasteiger partial charge on any atom is 0.0605 e. The molecule has 1 atom stereocenters. The van der Waals surface area contributed by atoms with Gasteiger partial charge in [-0.2, -0.15) is 0 Å². The Morgan fingerprint density at radius 2 is 2.05 bits per heavy atom. The number of rotatable bonds is 4. The molecule has 1 aromatic carbocycles. The van der Waals surface area contributed by atoms with Gasteiger partial charge in [-0.1, -0.05) is 22.0 Å². The second-order valence-corrected chi connectivity index (χ2v) is 6.05. The highest BCUT2D eigenvalue weighted by Crippen LogP contribution is 2.31. The van der Waals surface area contributed by atoms with Gasteiger partial charge in [-0.15, -0.1) is 0 Å². The average molecular weight is 327 g/mol. The fraction of sp³-hybridized carbons (Fsp3) is 0.600. The van der Waals surface area contributed by atoms with Crippen molar-refractivity contribution in [3.05, 3.63) is 28.2 Å². The lowest BCUT2D eigenvalue weighted by molar-refractivity contribution is 0.0819. The third-order valence-electron chi connectivity index (χ3n) is 4.01. The van der Waals surface area contributed by atoms with Crippen molar-refractivity contribution in [1.29, 1.82) is 0 Å². The lowest BCUT2D eigenvalue weighted by atomic mass is 10.0. The summed E-state index contributed by atoms with van der Waals surface area (Å²) in [5, 5.41) is 3.33. The van der Waals surface area contributed by atoms with Crippen molar-refractivity contribution in [2.45, 2.75) is 31.9 Å². The molecule has 1 N–H and O–H groups in total. The van der Waals surface area contributed by atoms with E-state index in [0.717, 1.165) is 30.4 Å². The molecule has 0 bridgehead atoms. The van der Waals surface area contributed by atoms with Crippen molar-refractivity contribution in [3.63, 3.8) is 0 Å². The van der Waals surface area contributed by atoms with Crippen LogP contribution in [0.15, 0.2) is 22.7 Å². The molecule has 19 heavy (non-hydrogen) atoms. The molecule has 0 spiro atoms. The van der Waals surface area contributed by atoms with Crippen LogP contribution >= 0.6 is 15.9 Å². The number of hydrogen-bond donors (Lipinski definition) is 1. The number of hydrogen-bond acceptors (Lipinski definition) is 3. The normalized spacial score (nSPS) is 18.6. The van der Waals surface area contributed by atoms with Crippen molar-refractivity contribution in [2.75, 3.05) is 32.1 Å². The highest BCUT2D eigenvalue weighted by Gasteiger charge is 2.22. The molecule has 1 aliphatic heterocycles. The van der Waals surface area contributed by atoms with Crippen LogP contribution in [-0.2, 0) is 4.74 Å². The number of piperidine rings is 1. The summed E-state index contributed by atoms with van der Waals surface area (Å²) in [5.41, 5.74) is 2.70. The van der Waals surface area contributed by atoms with Gasteiger partial charge in [0.2, 0.25) is 0 Å². The Bertz CT molecular complexity index is 417. The molecule has 0 radical (unpaired) electrons. The van der Waals surface area contributed by atoms with Crippen LogP contribution in [0.5, 0.6) is 0 Å². The Balaban J connectivity index is 2.21. The number of methoxy groups -OCH3 is 1. The second-order valence-electron chi connectivity index (χ2n) is 5.14. The second kappa shape index (κ2) is 6.73. The third kappa shape index (κ3) is 3.50. The first-order valence-electron chi connectivity index (χ1n) is 6.90. The predicted molar refractivity (Wildman–Crippen MR) is 83.9 cm³/mol. The Hall–Kier alpha value is -0.580. The lowest BCUT2D eigenvalue weighted by Gasteiger charge is -2.35. The van der Waals surface area contributed by atoms with Gasteiger partial charge in [-0.25, -0.2) is 0 Å². The van der Waals surface area contributed by atoms with E-state index in [4.69, 9.17) is 4.74 Å². The summed E-state index contributed by atoms with van der Waals surface area (Å²) >= 11 is 3.59. The summed E-state index contributed by atoms with van der Waals surface area (Å²) in [4.78, 5) is 2.48. The molecular formula is C15H23BrN2O. The summed E-state index contributed by atoms with van der Waals surface area (Å²) in [6.07, 6.45) is 2.64. The van der Waals surface area contributed by atoms with E-state index in [2.05, 4.69) is 51.3 Å². The molecule has 4 heteroatoms. The van der Waals surface area contributed by atoms with Crippen LogP contribution in [0.1, 0.15) is 31.4 Å². The van der Waals surface area contributed by atoms with Crippen molar-refractivity contribution >= 4 is 21.6 Å². The Labute approximate surface area is 124 Å². The monoisotopic (exact) mass is 326 g/mol. The maximum atomic E-state index is 5.45. The molecule has 1 saturated heterocycles. The zero-order valence-electron chi connectivity index (χ0n) is 11.9. The number of nitrogens with one attached hydrogen (secondary N) is 1. The largest absolute Gasteiger partial charge is 0.381 e. The molecule has 1 aliphatic rings. The molecule has 2 rings (SSSR count). The van der Waals surface area contributed by atoms with E-state index in [9.17, 15) is 0 Å². The molecule has 0 saturated carbocycles. The highest BCUT2D eigenvalue weighted by molar-refractivity contribution is 9.10. The molecule has 0 aromatic heterocycles. The van der Waals surface area contributed by atoms with E-state index in [1.54, 1.807) is 0 Å². The first-order valence-corrected chi connectivity index (χ1v) is 7.69.